The Balaban J connectivity index is 2.74. The maximum atomic E-state index is 12.0. The van der Waals surface area contributed by atoms with Crippen molar-refractivity contribution in [2.45, 2.75) is 6.92 Å². The summed E-state index contributed by atoms with van der Waals surface area (Å²) in [5.74, 6) is 1.23. The molecule has 0 aliphatic heterocycles. The quantitative estimate of drug-likeness (QED) is 0.785. The summed E-state index contributed by atoms with van der Waals surface area (Å²) in [4.78, 5) is 12.0. The van der Waals surface area contributed by atoms with Gasteiger partial charge in [0.15, 0.2) is 0 Å². The topological polar surface area (TPSA) is 80.0 Å². The minimum absolute atomic E-state index is 0.226. The van der Waals surface area contributed by atoms with Crippen LogP contribution in [0.15, 0.2) is 16.7 Å². The maximum Gasteiger partial charge on any atom is 0.343 e. The van der Waals surface area contributed by atoms with Crippen LogP contribution in [0.1, 0.15) is 16.1 Å². The van der Waals surface area contributed by atoms with Crippen molar-refractivity contribution in [1.29, 1.82) is 0 Å². The summed E-state index contributed by atoms with van der Waals surface area (Å²) in [5.41, 5.74) is 1.01. The minimum atomic E-state index is -0.548. The molecular formula is C15H17NO6. The van der Waals surface area contributed by atoms with E-state index in [0.717, 1.165) is 0 Å². The van der Waals surface area contributed by atoms with Crippen molar-refractivity contribution in [2.24, 2.45) is 0 Å². The Hall–Kier alpha value is -2.70. The number of aryl methyl sites for hydroxylation is 1. The second-order valence-electron chi connectivity index (χ2n) is 4.36. The Morgan fingerprint density at radius 3 is 2.09 bits per heavy atom. The maximum absolute atomic E-state index is 12.0. The lowest BCUT2D eigenvalue weighted by Crippen LogP contribution is -2.05. The molecule has 0 spiro atoms. The summed E-state index contributed by atoms with van der Waals surface area (Å²) in [6, 6.07) is 3.34. The number of hydrogen-bond acceptors (Lipinski definition) is 7. The SMILES string of the molecule is COC(=O)c1c(-c2c(OC)cc(OC)cc2OC)noc1C. The molecule has 0 radical (unpaired) electrons. The van der Waals surface area contributed by atoms with E-state index in [1.165, 1.54) is 28.4 Å². The molecule has 1 heterocycles. The van der Waals surface area contributed by atoms with Gasteiger partial charge in [0, 0.05) is 12.1 Å². The zero-order chi connectivity index (χ0) is 16.3. The third kappa shape index (κ3) is 2.57. The highest BCUT2D eigenvalue weighted by molar-refractivity contribution is 5.98. The third-order valence-corrected chi connectivity index (χ3v) is 3.20. The van der Waals surface area contributed by atoms with E-state index in [1.54, 1.807) is 19.1 Å². The number of carbonyl (C=O) groups is 1. The van der Waals surface area contributed by atoms with Crippen molar-refractivity contribution < 1.29 is 28.3 Å². The Labute approximate surface area is 127 Å². The lowest BCUT2D eigenvalue weighted by Gasteiger charge is -2.14. The smallest absolute Gasteiger partial charge is 0.343 e. The number of aromatic nitrogens is 1. The molecule has 0 amide bonds. The Bertz CT molecular complexity index is 666. The van der Waals surface area contributed by atoms with E-state index < -0.39 is 5.97 Å². The molecule has 22 heavy (non-hydrogen) atoms. The molecule has 0 unspecified atom stereocenters. The van der Waals surface area contributed by atoms with Gasteiger partial charge in [0.1, 0.15) is 34.3 Å². The molecular weight excluding hydrogens is 290 g/mol. The molecule has 0 saturated carbocycles. The summed E-state index contributed by atoms with van der Waals surface area (Å²) in [7, 11) is 5.83. The van der Waals surface area contributed by atoms with Gasteiger partial charge < -0.3 is 23.5 Å². The predicted octanol–water partition coefficient (Wildman–Crippen LogP) is 2.46. The number of ether oxygens (including phenoxy) is 4. The number of carbonyl (C=O) groups excluding carboxylic acids is 1. The fourth-order valence-corrected chi connectivity index (χ4v) is 2.12. The number of methoxy groups -OCH3 is 4. The monoisotopic (exact) mass is 307 g/mol. The highest BCUT2D eigenvalue weighted by Crippen LogP contribution is 2.43. The van der Waals surface area contributed by atoms with Crippen molar-refractivity contribution in [1.82, 2.24) is 5.16 Å². The average molecular weight is 307 g/mol. The van der Waals surface area contributed by atoms with Crippen molar-refractivity contribution in [2.75, 3.05) is 28.4 Å². The van der Waals surface area contributed by atoms with Crippen LogP contribution in [-0.4, -0.2) is 39.6 Å². The van der Waals surface area contributed by atoms with E-state index in [0.29, 0.717) is 34.3 Å². The largest absolute Gasteiger partial charge is 0.496 e. The van der Waals surface area contributed by atoms with Crippen LogP contribution in [0.2, 0.25) is 0 Å². The van der Waals surface area contributed by atoms with E-state index >= 15 is 0 Å². The van der Waals surface area contributed by atoms with Crippen molar-refractivity contribution in [3.63, 3.8) is 0 Å². The Morgan fingerprint density at radius 1 is 1.05 bits per heavy atom. The first-order valence-corrected chi connectivity index (χ1v) is 6.42. The average Bonchev–Trinajstić information content (AvgIpc) is 2.93. The fraction of sp³-hybridized carbons (Fsp3) is 0.333. The molecule has 0 saturated heterocycles. The van der Waals surface area contributed by atoms with Crippen LogP contribution >= 0.6 is 0 Å². The van der Waals surface area contributed by atoms with Crippen LogP contribution in [0, 0.1) is 6.92 Å². The van der Waals surface area contributed by atoms with E-state index in [9.17, 15) is 4.79 Å². The first kappa shape index (κ1) is 15.7. The van der Waals surface area contributed by atoms with Gasteiger partial charge in [-0.25, -0.2) is 4.79 Å². The van der Waals surface area contributed by atoms with Crippen LogP contribution in [0.4, 0.5) is 0 Å². The molecule has 118 valence electrons. The summed E-state index contributed by atoms with van der Waals surface area (Å²) < 4.78 is 25.9. The van der Waals surface area contributed by atoms with Gasteiger partial charge in [-0.15, -0.1) is 0 Å². The second kappa shape index (κ2) is 6.38. The molecule has 0 fully saturated rings. The lowest BCUT2D eigenvalue weighted by molar-refractivity contribution is 0.0599. The van der Waals surface area contributed by atoms with E-state index in [2.05, 4.69) is 5.16 Å². The Kier molecular flexibility index (Phi) is 4.55. The van der Waals surface area contributed by atoms with Crippen molar-refractivity contribution in [3.05, 3.63) is 23.5 Å². The molecule has 2 rings (SSSR count). The Morgan fingerprint density at radius 2 is 1.64 bits per heavy atom. The van der Waals surface area contributed by atoms with E-state index in [4.69, 9.17) is 23.5 Å². The van der Waals surface area contributed by atoms with Crippen molar-refractivity contribution in [3.8, 4) is 28.5 Å². The lowest BCUT2D eigenvalue weighted by atomic mass is 10.0. The van der Waals surface area contributed by atoms with Gasteiger partial charge in [-0.2, -0.15) is 0 Å². The second-order valence-corrected chi connectivity index (χ2v) is 4.36. The first-order valence-electron chi connectivity index (χ1n) is 6.42. The molecule has 0 N–H and O–H groups in total. The van der Waals surface area contributed by atoms with Crippen LogP contribution in [0.3, 0.4) is 0 Å². The minimum Gasteiger partial charge on any atom is -0.496 e. The van der Waals surface area contributed by atoms with Gasteiger partial charge in [0.05, 0.1) is 34.0 Å². The number of rotatable bonds is 5. The zero-order valence-electron chi connectivity index (χ0n) is 13.1. The van der Waals surface area contributed by atoms with Crippen LogP contribution in [0.5, 0.6) is 17.2 Å². The zero-order valence-corrected chi connectivity index (χ0v) is 13.1. The summed E-state index contributed by atoms with van der Waals surface area (Å²) >= 11 is 0. The first-order chi connectivity index (χ1) is 10.6. The number of benzene rings is 1. The van der Waals surface area contributed by atoms with Gasteiger partial charge >= 0.3 is 5.97 Å². The van der Waals surface area contributed by atoms with Gasteiger partial charge in [0.2, 0.25) is 0 Å². The molecule has 0 aliphatic carbocycles. The van der Waals surface area contributed by atoms with Gasteiger partial charge in [-0.05, 0) is 6.92 Å². The number of hydrogen-bond donors (Lipinski definition) is 0. The van der Waals surface area contributed by atoms with Crippen molar-refractivity contribution >= 4 is 5.97 Å². The highest BCUT2D eigenvalue weighted by atomic mass is 16.5. The normalized spacial score (nSPS) is 10.2. The summed E-state index contributed by atoms with van der Waals surface area (Å²) in [6.07, 6.45) is 0. The van der Waals surface area contributed by atoms with E-state index in [1.807, 2.05) is 0 Å². The molecule has 0 bridgehead atoms. The summed E-state index contributed by atoms with van der Waals surface area (Å²) in [6.45, 7) is 1.63. The molecule has 1 aromatic heterocycles. The van der Waals surface area contributed by atoms with Crippen LogP contribution in [0.25, 0.3) is 11.3 Å². The molecule has 7 nitrogen and oxygen atoms in total. The molecule has 0 aliphatic rings. The fourth-order valence-electron chi connectivity index (χ4n) is 2.12. The summed E-state index contributed by atoms with van der Waals surface area (Å²) in [5, 5.41) is 3.95. The standard InChI is InChI=1S/C15H17NO6/c1-8-12(15(17)21-5)14(16-22-8)13-10(19-3)6-9(18-2)7-11(13)20-4/h6-7H,1-5H3. The molecule has 0 atom stereocenters. The predicted molar refractivity (Wildman–Crippen MR) is 77.7 cm³/mol. The van der Waals surface area contributed by atoms with Crippen LogP contribution < -0.4 is 14.2 Å². The van der Waals surface area contributed by atoms with Gasteiger partial charge in [-0.1, -0.05) is 5.16 Å². The van der Waals surface area contributed by atoms with E-state index in [-0.39, 0.29) is 5.56 Å². The number of esters is 1. The molecule has 2 aromatic rings. The van der Waals surface area contributed by atoms with Crippen LogP contribution in [-0.2, 0) is 4.74 Å². The number of nitrogens with zero attached hydrogens (tertiary/aromatic N) is 1. The highest BCUT2D eigenvalue weighted by Gasteiger charge is 2.27. The third-order valence-electron chi connectivity index (χ3n) is 3.20. The molecule has 7 heteroatoms. The molecule has 1 aromatic carbocycles. The van der Waals surface area contributed by atoms with Gasteiger partial charge in [-0.3, -0.25) is 0 Å². The van der Waals surface area contributed by atoms with Gasteiger partial charge in [0.25, 0.3) is 0 Å².